The summed E-state index contributed by atoms with van der Waals surface area (Å²) in [5.41, 5.74) is 0.676. The number of ether oxygens (including phenoxy) is 2. The molecule has 2 aromatic carbocycles. The minimum absolute atomic E-state index is 0.0166. The molecule has 0 saturated carbocycles. The van der Waals surface area contributed by atoms with E-state index in [1.807, 2.05) is 0 Å². The number of hydrogen-bond donors (Lipinski definition) is 2. The molecule has 0 radical (unpaired) electrons. The fourth-order valence-electron chi connectivity index (χ4n) is 2.08. The molecule has 0 atom stereocenters. The smallest absolute Gasteiger partial charge is 0.325 e. The Kier molecular flexibility index (Phi) is 7.30. The molecule has 2 aromatic rings. The molecule has 2 rings (SSSR count). The number of carbonyl (C=O) groups is 3. The van der Waals surface area contributed by atoms with E-state index in [0.29, 0.717) is 16.9 Å². The summed E-state index contributed by atoms with van der Waals surface area (Å²) in [6.45, 7) is -0.922. The summed E-state index contributed by atoms with van der Waals surface area (Å²) < 4.78 is 23.2. The average Bonchev–Trinajstić information content (AvgIpc) is 2.69. The second-order valence-corrected chi connectivity index (χ2v) is 5.44. The monoisotopic (exact) mass is 374 g/mol. The highest BCUT2D eigenvalue weighted by atomic mass is 19.1. The quantitative estimate of drug-likeness (QED) is 0.682. The molecule has 0 aromatic heterocycles. The second-order valence-electron chi connectivity index (χ2n) is 5.44. The zero-order chi connectivity index (χ0) is 19.6. The first kappa shape index (κ1) is 19.9. The predicted octanol–water partition coefficient (Wildman–Crippen LogP) is 1.42. The van der Waals surface area contributed by atoms with Gasteiger partial charge in [0.15, 0.2) is 6.61 Å². The van der Waals surface area contributed by atoms with Crippen LogP contribution in [0, 0.1) is 5.82 Å². The van der Waals surface area contributed by atoms with E-state index in [9.17, 15) is 18.8 Å². The van der Waals surface area contributed by atoms with E-state index in [2.05, 4.69) is 10.6 Å². The fourth-order valence-corrected chi connectivity index (χ4v) is 2.08. The Morgan fingerprint density at radius 3 is 2.37 bits per heavy atom. The summed E-state index contributed by atoms with van der Waals surface area (Å²) in [4.78, 5) is 35.2. The topological polar surface area (TPSA) is 93.7 Å². The van der Waals surface area contributed by atoms with Crippen LogP contribution in [-0.4, -0.2) is 38.0 Å². The van der Waals surface area contributed by atoms with E-state index in [1.54, 1.807) is 36.4 Å². The van der Waals surface area contributed by atoms with Crippen LogP contribution in [-0.2, 0) is 20.9 Å². The van der Waals surface area contributed by atoms with E-state index in [4.69, 9.17) is 9.47 Å². The summed E-state index contributed by atoms with van der Waals surface area (Å²) in [6.07, 6.45) is 0. The van der Waals surface area contributed by atoms with Gasteiger partial charge in [0.25, 0.3) is 11.8 Å². The van der Waals surface area contributed by atoms with Gasteiger partial charge in [-0.05, 0) is 30.3 Å². The van der Waals surface area contributed by atoms with Crippen molar-refractivity contribution in [3.8, 4) is 5.75 Å². The molecule has 8 heteroatoms. The molecular formula is C19H19FN2O5. The first-order valence-corrected chi connectivity index (χ1v) is 8.07. The van der Waals surface area contributed by atoms with Gasteiger partial charge in [-0.25, -0.2) is 4.39 Å². The minimum Gasteiger partial charge on any atom is -0.497 e. The third kappa shape index (κ3) is 6.43. The van der Waals surface area contributed by atoms with Crippen molar-refractivity contribution < 1.29 is 28.2 Å². The lowest BCUT2D eigenvalue weighted by Crippen LogP contribution is -2.33. The molecule has 2 amide bonds. The largest absolute Gasteiger partial charge is 0.497 e. The number of carbonyl (C=O) groups excluding carboxylic acids is 3. The number of benzene rings is 2. The van der Waals surface area contributed by atoms with Crippen LogP contribution < -0.4 is 15.4 Å². The van der Waals surface area contributed by atoms with Crippen molar-refractivity contribution in [3.05, 3.63) is 65.5 Å². The fraction of sp³-hybridized carbons (Fsp3) is 0.211. The molecule has 0 bridgehead atoms. The van der Waals surface area contributed by atoms with Crippen LogP contribution >= 0.6 is 0 Å². The Morgan fingerprint density at radius 2 is 1.70 bits per heavy atom. The zero-order valence-electron chi connectivity index (χ0n) is 14.7. The summed E-state index contributed by atoms with van der Waals surface area (Å²) in [6, 6.07) is 12.4. The van der Waals surface area contributed by atoms with Gasteiger partial charge in [-0.1, -0.05) is 18.2 Å². The van der Waals surface area contributed by atoms with Gasteiger partial charge in [0.1, 0.15) is 18.1 Å². The molecule has 0 unspecified atom stereocenters. The summed E-state index contributed by atoms with van der Waals surface area (Å²) in [5, 5.41) is 4.83. The van der Waals surface area contributed by atoms with Gasteiger partial charge in [-0.2, -0.15) is 0 Å². The third-order valence-electron chi connectivity index (χ3n) is 3.54. The molecule has 0 aliphatic rings. The first-order chi connectivity index (χ1) is 13.0. The summed E-state index contributed by atoms with van der Waals surface area (Å²) >= 11 is 0. The number of nitrogens with one attached hydrogen (secondary N) is 2. The van der Waals surface area contributed by atoms with E-state index < -0.39 is 30.2 Å². The van der Waals surface area contributed by atoms with Gasteiger partial charge in [0, 0.05) is 17.7 Å². The second kappa shape index (κ2) is 9.91. The lowest BCUT2D eigenvalue weighted by atomic mass is 10.2. The average molecular weight is 374 g/mol. The molecule has 0 heterocycles. The molecule has 0 aliphatic carbocycles. The van der Waals surface area contributed by atoms with Crippen molar-refractivity contribution >= 4 is 17.8 Å². The molecule has 0 aliphatic heterocycles. The molecule has 0 fully saturated rings. The van der Waals surface area contributed by atoms with E-state index in [0.717, 1.165) is 0 Å². The molecular weight excluding hydrogens is 355 g/mol. The predicted molar refractivity (Wildman–Crippen MR) is 94.5 cm³/mol. The zero-order valence-corrected chi connectivity index (χ0v) is 14.7. The Balaban J connectivity index is 1.68. The van der Waals surface area contributed by atoms with Crippen molar-refractivity contribution in [2.45, 2.75) is 6.54 Å². The van der Waals surface area contributed by atoms with Gasteiger partial charge in [0.05, 0.1) is 7.11 Å². The van der Waals surface area contributed by atoms with Crippen molar-refractivity contribution in [1.29, 1.82) is 0 Å². The standard InChI is InChI=1S/C19H19FN2O5/c1-26-15-8-6-13(7-9-15)19(25)22-11-18(24)27-12-17(23)21-10-14-4-2-3-5-16(14)20/h2-9H,10-12H2,1H3,(H,21,23)(H,22,25). The van der Waals surface area contributed by atoms with Crippen LogP contribution in [0.5, 0.6) is 5.75 Å². The number of halogens is 1. The Labute approximate surface area is 155 Å². The van der Waals surface area contributed by atoms with Crippen LogP contribution in [0.1, 0.15) is 15.9 Å². The van der Waals surface area contributed by atoms with Gasteiger partial charge < -0.3 is 20.1 Å². The van der Waals surface area contributed by atoms with Crippen molar-refractivity contribution in [1.82, 2.24) is 10.6 Å². The number of hydrogen-bond acceptors (Lipinski definition) is 5. The third-order valence-corrected chi connectivity index (χ3v) is 3.54. The van der Waals surface area contributed by atoms with Crippen LogP contribution in [0.25, 0.3) is 0 Å². The van der Waals surface area contributed by atoms with Gasteiger partial charge in [0.2, 0.25) is 0 Å². The maximum Gasteiger partial charge on any atom is 0.325 e. The van der Waals surface area contributed by atoms with Crippen molar-refractivity contribution in [2.75, 3.05) is 20.3 Å². The van der Waals surface area contributed by atoms with Crippen molar-refractivity contribution in [3.63, 3.8) is 0 Å². The van der Waals surface area contributed by atoms with Crippen LogP contribution in [0.15, 0.2) is 48.5 Å². The number of rotatable bonds is 8. The first-order valence-electron chi connectivity index (χ1n) is 8.07. The molecule has 0 spiro atoms. The Morgan fingerprint density at radius 1 is 1.00 bits per heavy atom. The molecule has 2 N–H and O–H groups in total. The molecule has 7 nitrogen and oxygen atoms in total. The highest BCUT2D eigenvalue weighted by Crippen LogP contribution is 2.11. The molecule has 0 saturated heterocycles. The SMILES string of the molecule is COc1ccc(C(=O)NCC(=O)OCC(=O)NCc2ccccc2F)cc1. The maximum atomic E-state index is 13.4. The Bertz CT molecular complexity index is 808. The van der Waals surface area contributed by atoms with Gasteiger partial charge >= 0.3 is 5.97 Å². The van der Waals surface area contributed by atoms with E-state index >= 15 is 0 Å². The number of methoxy groups -OCH3 is 1. The minimum atomic E-state index is -0.766. The summed E-state index contributed by atoms with van der Waals surface area (Å²) in [5.74, 6) is -1.63. The highest BCUT2D eigenvalue weighted by molar-refractivity contribution is 5.96. The summed E-state index contributed by atoms with van der Waals surface area (Å²) in [7, 11) is 1.51. The lowest BCUT2D eigenvalue weighted by Gasteiger charge is -2.08. The van der Waals surface area contributed by atoms with E-state index in [1.165, 1.54) is 19.2 Å². The lowest BCUT2D eigenvalue weighted by molar-refractivity contribution is -0.147. The van der Waals surface area contributed by atoms with Crippen LogP contribution in [0.2, 0.25) is 0 Å². The van der Waals surface area contributed by atoms with E-state index in [-0.39, 0.29) is 13.1 Å². The molecule has 27 heavy (non-hydrogen) atoms. The number of amides is 2. The maximum absolute atomic E-state index is 13.4. The van der Waals surface area contributed by atoms with Crippen molar-refractivity contribution in [2.24, 2.45) is 0 Å². The number of esters is 1. The molecule has 142 valence electrons. The van der Waals surface area contributed by atoms with Crippen LogP contribution in [0.4, 0.5) is 4.39 Å². The van der Waals surface area contributed by atoms with Crippen LogP contribution in [0.3, 0.4) is 0 Å². The highest BCUT2D eigenvalue weighted by Gasteiger charge is 2.11. The Hall–Kier alpha value is -3.42. The normalized spacial score (nSPS) is 10.0. The van der Waals surface area contributed by atoms with Gasteiger partial charge in [-0.3, -0.25) is 14.4 Å². The van der Waals surface area contributed by atoms with Gasteiger partial charge in [-0.15, -0.1) is 0 Å².